The Morgan fingerprint density at radius 2 is 1.69 bits per heavy atom. The topological polar surface area (TPSA) is 57.7 Å². The van der Waals surface area contributed by atoms with Crippen LogP contribution in [0.15, 0.2) is 53.4 Å². The van der Waals surface area contributed by atoms with Gasteiger partial charge in [-0.05, 0) is 61.8 Å². The largest absolute Gasteiger partial charge is 0.339 e. The van der Waals surface area contributed by atoms with Crippen LogP contribution in [0.25, 0.3) is 0 Å². The quantitative estimate of drug-likeness (QED) is 0.657. The summed E-state index contributed by atoms with van der Waals surface area (Å²) < 4.78 is 41.1. The molecule has 7 heteroatoms. The molecule has 2 aromatic rings. The lowest BCUT2D eigenvalue weighted by molar-refractivity contribution is -0.139. The first-order valence-electron chi connectivity index (χ1n) is 11.5. The van der Waals surface area contributed by atoms with E-state index in [1.165, 1.54) is 33.6 Å². The number of fused-ring (bicyclic) bond motifs is 1. The van der Waals surface area contributed by atoms with Gasteiger partial charge in [0.25, 0.3) is 0 Å². The zero-order valence-electron chi connectivity index (χ0n) is 18.5. The molecule has 1 aliphatic heterocycles. The van der Waals surface area contributed by atoms with Gasteiger partial charge in [0.05, 0.1) is 0 Å². The Balaban J connectivity index is 1.43. The number of sulfonamides is 1. The van der Waals surface area contributed by atoms with Crippen LogP contribution in [0.1, 0.15) is 43.7 Å². The van der Waals surface area contributed by atoms with E-state index in [9.17, 15) is 17.6 Å². The number of carbonyl (C=O) groups excluding carboxylic acids is 1. The molecule has 1 fully saturated rings. The van der Waals surface area contributed by atoms with Gasteiger partial charge in [-0.3, -0.25) is 4.79 Å². The molecule has 0 aromatic heterocycles. The molecule has 0 N–H and O–H groups in total. The van der Waals surface area contributed by atoms with Gasteiger partial charge in [-0.15, -0.1) is 0 Å². The molecule has 32 heavy (non-hydrogen) atoms. The maximum atomic E-state index is 14.1. The summed E-state index contributed by atoms with van der Waals surface area (Å²) in [6, 6.07) is 14.1. The molecule has 1 aliphatic carbocycles. The number of nitrogens with zero attached hydrogens (tertiary/aromatic N) is 2. The van der Waals surface area contributed by atoms with E-state index in [-0.39, 0.29) is 35.9 Å². The number of benzene rings is 2. The van der Waals surface area contributed by atoms with Crippen molar-refractivity contribution >= 4 is 15.9 Å². The lowest BCUT2D eigenvalue weighted by atomic mass is 9.86. The van der Waals surface area contributed by atoms with Crippen LogP contribution in [-0.2, 0) is 27.7 Å². The standard InChI is InChI=1S/C25H31FN2O3S/c1-2-15-28(22-12-11-19-7-3-4-8-21(19)18-22)25(29)20-13-16-27(17-14-20)32(30,31)24-10-6-5-9-23(24)26/h3-10,20,22H,2,11-18H2,1H3. The molecule has 1 atom stereocenters. The van der Waals surface area contributed by atoms with Crippen LogP contribution in [-0.4, -0.2) is 49.2 Å². The molecule has 5 nitrogen and oxygen atoms in total. The second-order valence-corrected chi connectivity index (χ2v) is 10.7. The second-order valence-electron chi connectivity index (χ2n) is 8.81. The normalized spacial score (nSPS) is 20.0. The van der Waals surface area contributed by atoms with Crippen molar-refractivity contribution in [2.45, 2.75) is 56.4 Å². The lowest BCUT2D eigenvalue weighted by Gasteiger charge is -2.39. The van der Waals surface area contributed by atoms with E-state index >= 15 is 0 Å². The molecule has 4 rings (SSSR count). The number of rotatable bonds is 6. The van der Waals surface area contributed by atoms with Gasteiger partial charge in [0.15, 0.2) is 0 Å². The van der Waals surface area contributed by atoms with E-state index in [4.69, 9.17) is 0 Å². The maximum absolute atomic E-state index is 14.1. The molecule has 1 unspecified atom stereocenters. The third kappa shape index (κ3) is 4.59. The molecule has 1 saturated heterocycles. The van der Waals surface area contributed by atoms with Crippen molar-refractivity contribution in [3.8, 4) is 0 Å². The highest BCUT2D eigenvalue weighted by Gasteiger charge is 2.36. The molecule has 1 heterocycles. The zero-order chi connectivity index (χ0) is 22.7. The summed E-state index contributed by atoms with van der Waals surface area (Å²) in [4.78, 5) is 15.2. The Morgan fingerprint density at radius 1 is 1.03 bits per heavy atom. The fourth-order valence-electron chi connectivity index (χ4n) is 5.03. The van der Waals surface area contributed by atoms with E-state index in [0.717, 1.165) is 38.3 Å². The summed E-state index contributed by atoms with van der Waals surface area (Å²) in [6.45, 7) is 3.28. The Morgan fingerprint density at radius 3 is 2.38 bits per heavy atom. The molecule has 0 spiro atoms. The van der Waals surface area contributed by atoms with Crippen LogP contribution in [0.4, 0.5) is 4.39 Å². The zero-order valence-corrected chi connectivity index (χ0v) is 19.4. The van der Waals surface area contributed by atoms with Crippen LogP contribution in [0, 0.1) is 11.7 Å². The predicted octanol–water partition coefficient (Wildman–Crippen LogP) is 4.02. The number of piperidine rings is 1. The Hall–Kier alpha value is -2.25. The average molecular weight is 459 g/mol. The SMILES string of the molecule is CCCN(C(=O)C1CCN(S(=O)(=O)c2ccccc2F)CC1)C1CCc2ccccc2C1. The molecule has 0 radical (unpaired) electrons. The summed E-state index contributed by atoms with van der Waals surface area (Å²) in [7, 11) is -3.89. The van der Waals surface area contributed by atoms with Gasteiger partial charge >= 0.3 is 0 Å². The Bertz CT molecular complexity index is 1060. The van der Waals surface area contributed by atoms with Crippen molar-refractivity contribution in [3.63, 3.8) is 0 Å². The van der Waals surface area contributed by atoms with Crippen LogP contribution in [0.2, 0.25) is 0 Å². The summed E-state index contributed by atoms with van der Waals surface area (Å²) >= 11 is 0. The van der Waals surface area contributed by atoms with Crippen LogP contribution < -0.4 is 0 Å². The molecular formula is C25H31FN2O3S. The van der Waals surface area contributed by atoms with Crippen LogP contribution in [0.3, 0.4) is 0 Å². The van der Waals surface area contributed by atoms with Gasteiger partial charge < -0.3 is 4.90 Å². The van der Waals surface area contributed by atoms with Crippen molar-refractivity contribution in [1.82, 2.24) is 9.21 Å². The first-order chi connectivity index (χ1) is 15.4. The second kappa shape index (κ2) is 9.71. The lowest BCUT2D eigenvalue weighted by Crippen LogP contribution is -2.49. The molecule has 2 aliphatic rings. The molecule has 0 saturated carbocycles. The van der Waals surface area contributed by atoms with Gasteiger partial charge in [0, 0.05) is 31.6 Å². The summed E-state index contributed by atoms with van der Waals surface area (Å²) in [5, 5.41) is 0. The number of halogens is 1. The highest BCUT2D eigenvalue weighted by molar-refractivity contribution is 7.89. The highest BCUT2D eigenvalue weighted by atomic mass is 32.2. The number of aryl methyl sites for hydroxylation is 1. The third-order valence-corrected chi connectivity index (χ3v) is 8.70. The van der Waals surface area contributed by atoms with E-state index in [1.807, 2.05) is 4.90 Å². The Labute approximate surface area is 190 Å². The van der Waals surface area contributed by atoms with Crippen molar-refractivity contribution in [2.75, 3.05) is 19.6 Å². The summed E-state index contributed by atoms with van der Waals surface area (Å²) in [6.07, 6.45) is 4.65. The minimum absolute atomic E-state index is 0.138. The van der Waals surface area contributed by atoms with Crippen LogP contribution in [0.5, 0.6) is 0 Å². The van der Waals surface area contributed by atoms with Gasteiger partial charge in [0.2, 0.25) is 15.9 Å². The minimum Gasteiger partial charge on any atom is -0.339 e. The third-order valence-electron chi connectivity index (χ3n) is 6.77. The van der Waals surface area contributed by atoms with Gasteiger partial charge in [-0.25, -0.2) is 12.8 Å². The molecule has 2 aromatic carbocycles. The number of amides is 1. The highest BCUT2D eigenvalue weighted by Crippen LogP contribution is 2.30. The van der Waals surface area contributed by atoms with E-state index in [1.54, 1.807) is 0 Å². The van der Waals surface area contributed by atoms with Gasteiger partial charge in [-0.1, -0.05) is 43.3 Å². The Kier molecular flexibility index (Phi) is 6.96. The minimum atomic E-state index is -3.89. The predicted molar refractivity (Wildman–Crippen MR) is 122 cm³/mol. The van der Waals surface area contributed by atoms with E-state index < -0.39 is 15.8 Å². The monoisotopic (exact) mass is 458 g/mol. The molecular weight excluding hydrogens is 427 g/mol. The van der Waals surface area contributed by atoms with E-state index in [0.29, 0.717) is 12.8 Å². The fraction of sp³-hybridized carbons (Fsp3) is 0.480. The number of carbonyl (C=O) groups is 1. The van der Waals surface area contributed by atoms with Crippen molar-refractivity contribution in [2.24, 2.45) is 5.92 Å². The number of hydrogen-bond acceptors (Lipinski definition) is 3. The maximum Gasteiger partial charge on any atom is 0.245 e. The van der Waals surface area contributed by atoms with Gasteiger partial charge in [-0.2, -0.15) is 4.31 Å². The van der Waals surface area contributed by atoms with Crippen molar-refractivity contribution in [1.29, 1.82) is 0 Å². The van der Waals surface area contributed by atoms with Crippen molar-refractivity contribution in [3.05, 3.63) is 65.5 Å². The smallest absolute Gasteiger partial charge is 0.245 e. The van der Waals surface area contributed by atoms with Gasteiger partial charge in [0.1, 0.15) is 10.7 Å². The average Bonchev–Trinajstić information content (AvgIpc) is 2.82. The molecule has 172 valence electrons. The first kappa shape index (κ1) is 22.9. The number of hydrogen-bond donors (Lipinski definition) is 0. The van der Waals surface area contributed by atoms with Crippen molar-refractivity contribution < 1.29 is 17.6 Å². The summed E-state index contributed by atoms with van der Waals surface area (Å²) in [5.41, 5.74) is 2.70. The van der Waals surface area contributed by atoms with E-state index in [2.05, 4.69) is 31.2 Å². The molecule has 1 amide bonds. The summed E-state index contributed by atoms with van der Waals surface area (Å²) in [5.74, 6) is -0.789. The fourth-order valence-corrected chi connectivity index (χ4v) is 6.56. The first-order valence-corrected chi connectivity index (χ1v) is 13.0. The molecule has 0 bridgehead atoms. The van der Waals surface area contributed by atoms with Crippen LogP contribution >= 0.6 is 0 Å².